The van der Waals surface area contributed by atoms with E-state index in [-0.39, 0.29) is 5.38 Å². The second-order valence-electron chi connectivity index (χ2n) is 3.74. The van der Waals surface area contributed by atoms with Crippen molar-refractivity contribution < 1.29 is 8.42 Å². The van der Waals surface area contributed by atoms with Gasteiger partial charge >= 0.3 is 0 Å². The predicted molar refractivity (Wildman–Crippen MR) is 64.1 cm³/mol. The third kappa shape index (κ3) is 3.84. The molecule has 0 N–H and O–H groups in total. The van der Waals surface area contributed by atoms with E-state index in [2.05, 4.69) is 0 Å². The first-order valence-electron chi connectivity index (χ1n) is 4.78. The Labute approximate surface area is 96.2 Å². The highest BCUT2D eigenvalue weighted by Gasteiger charge is 2.23. The second-order valence-corrected chi connectivity index (χ2v) is 6.70. The lowest BCUT2D eigenvalue weighted by atomic mass is 10.1. The minimum absolute atomic E-state index is 0.373. The maximum absolute atomic E-state index is 11.3. The van der Waals surface area contributed by atoms with Crippen LogP contribution in [0.5, 0.6) is 0 Å². The molecule has 0 aliphatic rings. The van der Waals surface area contributed by atoms with E-state index in [1.165, 1.54) is 6.26 Å². The molecule has 0 bridgehead atoms. The summed E-state index contributed by atoms with van der Waals surface area (Å²) in [4.78, 5) is 0. The zero-order chi connectivity index (χ0) is 11.5. The standard InChI is InChI=1S/C11H15ClO2S/c1-9(15(2,13)14)11(12)8-10-6-4-3-5-7-10/h3-7,9,11H,8H2,1-2H3. The Balaban J connectivity index is 2.68. The molecule has 15 heavy (non-hydrogen) atoms. The summed E-state index contributed by atoms with van der Waals surface area (Å²) < 4.78 is 22.6. The van der Waals surface area contributed by atoms with Gasteiger partial charge in [0.15, 0.2) is 9.84 Å². The van der Waals surface area contributed by atoms with Crippen LogP contribution < -0.4 is 0 Å². The molecule has 2 nitrogen and oxygen atoms in total. The third-order valence-corrected chi connectivity index (χ3v) is 4.82. The first-order valence-corrected chi connectivity index (χ1v) is 7.17. The summed E-state index contributed by atoms with van der Waals surface area (Å²) in [5.74, 6) is 0. The number of sulfone groups is 1. The van der Waals surface area contributed by atoms with E-state index in [0.717, 1.165) is 5.56 Å². The van der Waals surface area contributed by atoms with Crippen LogP contribution in [0.3, 0.4) is 0 Å². The van der Waals surface area contributed by atoms with E-state index in [9.17, 15) is 8.42 Å². The van der Waals surface area contributed by atoms with Crippen molar-refractivity contribution in [2.45, 2.75) is 24.0 Å². The van der Waals surface area contributed by atoms with Gasteiger partial charge in [0.1, 0.15) is 0 Å². The quantitative estimate of drug-likeness (QED) is 0.764. The lowest BCUT2D eigenvalue weighted by Gasteiger charge is -2.16. The van der Waals surface area contributed by atoms with Crippen LogP contribution in [-0.4, -0.2) is 25.3 Å². The van der Waals surface area contributed by atoms with Crippen LogP contribution in [0.15, 0.2) is 30.3 Å². The zero-order valence-electron chi connectivity index (χ0n) is 8.85. The lowest BCUT2D eigenvalue weighted by molar-refractivity contribution is 0.584. The molecule has 0 amide bonds. The van der Waals surface area contributed by atoms with Gasteiger partial charge in [-0.05, 0) is 18.9 Å². The largest absolute Gasteiger partial charge is 0.229 e. The number of rotatable bonds is 4. The lowest BCUT2D eigenvalue weighted by Crippen LogP contribution is -2.28. The summed E-state index contributed by atoms with van der Waals surface area (Å²) >= 11 is 6.07. The molecule has 0 heterocycles. The van der Waals surface area contributed by atoms with Crippen molar-refractivity contribution >= 4 is 21.4 Å². The molecule has 0 fully saturated rings. The summed E-state index contributed by atoms with van der Waals surface area (Å²) in [5.41, 5.74) is 1.06. The van der Waals surface area contributed by atoms with Crippen LogP contribution >= 0.6 is 11.6 Å². The summed E-state index contributed by atoms with van der Waals surface area (Å²) in [5, 5.41) is -0.887. The van der Waals surface area contributed by atoms with Crippen molar-refractivity contribution in [2.75, 3.05) is 6.26 Å². The van der Waals surface area contributed by atoms with Crippen LogP contribution in [0.2, 0.25) is 0 Å². The van der Waals surface area contributed by atoms with Crippen molar-refractivity contribution in [3.05, 3.63) is 35.9 Å². The Morgan fingerprint density at radius 1 is 1.27 bits per heavy atom. The maximum atomic E-state index is 11.3. The molecular weight excluding hydrogens is 232 g/mol. The van der Waals surface area contributed by atoms with Gasteiger partial charge in [-0.25, -0.2) is 8.42 Å². The topological polar surface area (TPSA) is 34.1 Å². The van der Waals surface area contributed by atoms with Gasteiger partial charge < -0.3 is 0 Å². The van der Waals surface area contributed by atoms with Gasteiger partial charge in [0, 0.05) is 6.26 Å². The Bertz CT molecular complexity index is 400. The molecule has 1 aromatic carbocycles. The number of alkyl halides is 1. The van der Waals surface area contributed by atoms with E-state index in [1.54, 1.807) is 6.92 Å². The van der Waals surface area contributed by atoms with Gasteiger partial charge in [-0.2, -0.15) is 0 Å². The number of hydrogen-bond acceptors (Lipinski definition) is 2. The van der Waals surface area contributed by atoms with Gasteiger partial charge in [-0.1, -0.05) is 30.3 Å². The number of halogens is 1. The Morgan fingerprint density at radius 3 is 2.27 bits per heavy atom. The Morgan fingerprint density at radius 2 is 1.80 bits per heavy atom. The molecule has 2 unspecified atom stereocenters. The molecule has 0 spiro atoms. The zero-order valence-corrected chi connectivity index (χ0v) is 10.4. The van der Waals surface area contributed by atoms with E-state index in [4.69, 9.17) is 11.6 Å². The molecule has 0 saturated heterocycles. The van der Waals surface area contributed by atoms with Crippen LogP contribution in [0.25, 0.3) is 0 Å². The van der Waals surface area contributed by atoms with E-state index < -0.39 is 15.1 Å². The number of benzene rings is 1. The monoisotopic (exact) mass is 246 g/mol. The maximum Gasteiger partial charge on any atom is 0.151 e. The molecule has 1 aromatic rings. The van der Waals surface area contributed by atoms with Crippen LogP contribution in [0.1, 0.15) is 12.5 Å². The Kier molecular flexibility index (Phi) is 4.17. The second kappa shape index (κ2) is 4.99. The van der Waals surface area contributed by atoms with Gasteiger partial charge in [0.05, 0.1) is 10.6 Å². The fourth-order valence-corrected chi connectivity index (χ4v) is 2.64. The van der Waals surface area contributed by atoms with Crippen molar-refractivity contribution in [2.24, 2.45) is 0 Å². The molecular formula is C11H15ClO2S. The molecule has 84 valence electrons. The highest BCUT2D eigenvalue weighted by Crippen LogP contribution is 2.16. The van der Waals surface area contributed by atoms with Gasteiger partial charge in [-0.15, -0.1) is 11.6 Å². The average Bonchev–Trinajstić information content (AvgIpc) is 2.16. The van der Waals surface area contributed by atoms with Crippen molar-refractivity contribution in [3.63, 3.8) is 0 Å². The minimum Gasteiger partial charge on any atom is -0.229 e. The molecule has 0 aliphatic carbocycles. The summed E-state index contributed by atoms with van der Waals surface area (Å²) in [7, 11) is -3.05. The normalized spacial score (nSPS) is 15.9. The van der Waals surface area contributed by atoms with Gasteiger partial charge in [0.25, 0.3) is 0 Å². The highest BCUT2D eigenvalue weighted by molar-refractivity contribution is 7.91. The minimum atomic E-state index is -3.05. The SMILES string of the molecule is CC(C(Cl)Cc1ccccc1)S(C)(=O)=O. The highest BCUT2D eigenvalue weighted by atomic mass is 35.5. The average molecular weight is 247 g/mol. The van der Waals surface area contributed by atoms with Crippen molar-refractivity contribution in [1.29, 1.82) is 0 Å². The smallest absolute Gasteiger partial charge is 0.151 e. The van der Waals surface area contributed by atoms with Crippen LogP contribution in [0, 0.1) is 0 Å². The van der Waals surface area contributed by atoms with Gasteiger partial charge in [0.2, 0.25) is 0 Å². The van der Waals surface area contributed by atoms with Crippen LogP contribution in [0.4, 0.5) is 0 Å². The molecule has 1 rings (SSSR count). The molecule has 4 heteroatoms. The fraction of sp³-hybridized carbons (Fsp3) is 0.455. The molecule has 0 saturated carbocycles. The fourth-order valence-electron chi connectivity index (χ4n) is 1.27. The van der Waals surface area contributed by atoms with Crippen molar-refractivity contribution in [1.82, 2.24) is 0 Å². The molecule has 0 radical (unpaired) electrons. The summed E-state index contributed by atoms with van der Waals surface area (Å²) in [6, 6.07) is 9.66. The van der Waals surface area contributed by atoms with E-state index in [0.29, 0.717) is 6.42 Å². The van der Waals surface area contributed by atoms with E-state index in [1.807, 2.05) is 30.3 Å². The molecule has 0 aliphatic heterocycles. The first kappa shape index (κ1) is 12.5. The summed E-state index contributed by atoms with van der Waals surface area (Å²) in [6.45, 7) is 1.65. The summed E-state index contributed by atoms with van der Waals surface area (Å²) in [6.07, 6.45) is 1.80. The Hall–Kier alpha value is -0.540. The van der Waals surface area contributed by atoms with Gasteiger partial charge in [-0.3, -0.25) is 0 Å². The number of hydrogen-bond donors (Lipinski definition) is 0. The molecule has 0 aromatic heterocycles. The van der Waals surface area contributed by atoms with E-state index >= 15 is 0 Å². The molecule has 2 atom stereocenters. The third-order valence-electron chi connectivity index (χ3n) is 2.46. The predicted octanol–water partition coefficient (Wildman–Crippen LogP) is 2.27. The van der Waals surface area contributed by atoms with Crippen LogP contribution in [-0.2, 0) is 16.3 Å². The first-order chi connectivity index (χ1) is 6.91. The van der Waals surface area contributed by atoms with Crippen molar-refractivity contribution in [3.8, 4) is 0 Å².